The minimum Gasteiger partial charge on any atom is -0.399 e. The second kappa shape index (κ2) is 4.48. The van der Waals surface area contributed by atoms with Crippen molar-refractivity contribution in [3.8, 4) is 0 Å². The van der Waals surface area contributed by atoms with Crippen LogP contribution in [0.1, 0.15) is 33.2 Å². The molecule has 0 N–H and O–H groups in total. The fraction of sp³-hybridized carbons (Fsp3) is 0.571. The molecular weight excluding hydrogens is 258 g/mol. The molecule has 1 saturated heterocycles. The van der Waals surface area contributed by atoms with Crippen LogP contribution >= 0.6 is 7.14 Å². The molecule has 0 aromatic heterocycles. The van der Waals surface area contributed by atoms with E-state index in [9.17, 15) is 4.57 Å². The summed E-state index contributed by atoms with van der Waals surface area (Å²) in [6.07, 6.45) is 0. The quantitative estimate of drug-likeness (QED) is 0.617. The van der Waals surface area contributed by atoms with E-state index < -0.39 is 25.5 Å². The molecule has 0 saturated carbocycles. The molecule has 1 aromatic carbocycles. The lowest BCUT2D eigenvalue weighted by Gasteiger charge is -2.32. The lowest BCUT2D eigenvalue weighted by molar-refractivity contribution is 0.00578. The second-order valence-electron chi connectivity index (χ2n) is 6.20. The van der Waals surface area contributed by atoms with E-state index in [0.717, 1.165) is 0 Å². The highest BCUT2D eigenvalue weighted by atomic mass is 31.2. The van der Waals surface area contributed by atoms with E-state index >= 15 is 0 Å². The fourth-order valence-corrected chi connectivity index (χ4v) is 2.31. The molecule has 0 aliphatic carbocycles. The topological polar surface area (TPSA) is 35.5 Å². The molecule has 1 fully saturated rings. The van der Waals surface area contributed by atoms with Crippen LogP contribution in [0.15, 0.2) is 24.2 Å². The average Bonchev–Trinajstić information content (AvgIpc) is 2.54. The summed E-state index contributed by atoms with van der Waals surface area (Å²) in [6, 6.07) is -1.10. The van der Waals surface area contributed by atoms with E-state index in [2.05, 4.69) is 0 Å². The first-order chi connectivity index (χ1) is 10.2. The lowest BCUT2D eigenvalue weighted by atomic mass is 9.79. The summed E-state index contributed by atoms with van der Waals surface area (Å²) in [5.41, 5.74) is -1.25. The van der Waals surface area contributed by atoms with Gasteiger partial charge in [-0.2, -0.15) is 0 Å². The van der Waals surface area contributed by atoms with Crippen molar-refractivity contribution in [2.24, 2.45) is 0 Å². The molecule has 0 bridgehead atoms. The van der Waals surface area contributed by atoms with Crippen molar-refractivity contribution in [3.63, 3.8) is 0 Å². The fourth-order valence-electron chi connectivity index (χ4n) is 1.66. The molecule has 0 unspecified atom stereocenters. The highest BCUT2D eigenvalue weighted by molar-refractivity contribution is 7.70. The van der Waals surface area contributed by atoms with Crippen LogP contribution in [0.5, 0.6) is 0 Å². The van der Waals surface area contributed by atoms with Crippen molar-refractivity contribution in [1.29, 1.82) is 0 Å². The van der Waals surface area contributed by atoms with E-state index in [1.54, 1.807) is 0 Å². The molecule has 0 radical (unpaired) electrons. The van der Waals surface area contributed by atoms with Crippen molar-refractivity contribution in [3.05, 3.63) is 24.2 Å². The van der Waals surface area contributed by atoms with Gasteiger partial charge < -0.3 is 13.9 Å². The molecule has 3 nitrogen and oxygen atoms in total. The summed E-state index contributed by atoms with van der Waals surface area (Å²) in [6.45, 7) is 10.3. The summed E-state index contributed by atoms with van der Waals surface area (Å²) >= 11 is 0. The SMILES string of the molecule is [2H]c1c([2H])c(P(C)(C)=O)c([2H])c([2H])c1B1OC(C)(C)C(C)(C)O1. The Bertz CT molecular complexity index is 669. The molecule has 104 valence electrons. The van der Waals surface area contributed by atoms with Gasteiger partial charge in [-0.05, 0) is 46.5 Å². The zero-order valence-electron chi connectivity index (χ0n) is 16.2. The number of rotatable bonds is 2. The maximum absolute atomic E-state index is 12.3. The molecule has 1 aliphatic rings. The molecule has 1 aromatic rings. The van der Waals surface area contributed by atoms with Gasteiger partial charge in [-0.1, -0.05) is 24.2 Å². The van der Waals surface area contributed by atoms with Gasteiger partial charge in [0.15, 0.2) is 0 Å². The number of hydrogen-bond donors (Lipinski definition) is 0. The van der Waals surface area contributed by atoms with Crippen molar-refractivity contribution < 1.29 is 19.4 Å². The first kappa shape index (κ1) is 10.2. The average molecular weight is 284 g/mol. The monoisotopic (exact) mass is 284 g/mol. The standard InChI is InChI=1S/C14H22BO3P/c1-13(2)14(3,4)18-15(17-13)11-7-9-12(10-8-11)19(5,6)16/h7-10H,1-6H3/i7D,8D,9D,10D. The van der Waals surface area contributed by atoms with Crippen LogP contribution < -0.4 is 10.8 Å². The minimum atomic E-state index is -2.95. The van der Waals surface area contributed by atoms with Crippen LogP contribution in [0.2, 0.25) is 0 Å². The Kier molecular flexibility index (Phi) is 2.40. The predicted octanol–water partition coefficient (Wildman–Crippen LogP) is 2.23. The molecule has 1 heterocycles. The smallest absolute Gasteiger partial charge is 0.399 e. The van der Waals surface area contributed by atoms with Gasteiger partial charge in [0.25, 0.3) is 0 Å². The molecule has 19 heavy (non-hydrogen) atoms. The van der Waals surface area contributed by atoms with Crippen molar-refractivity contribution in [2.45, 2.75) is 38.9 Å². The Morgan fingerprint density at radius 1 is 1.05 bits per heavy atom. The van der Waals surface area contributed by atoms with E-state index in [1.807, 2.05) is 27.7 Å². The number of hydrogen-bond acceptors (Lipinski definition) is 3. The van der Waals surface area contributed by atoms with Crippen LogP contribution in [-0.4, -0.2) is 31.7 Å². The molecule has 5 heteroatoms. The lowest BCUT2D eigenvalue weighted by Crippen LogP contribution is -2.41. The third-order valence-corrected chi connectivity index (χ3v) is 4.96. The van der Waals surface area contributed by atoms with Crippen molar-refractivity contribution in [1.82, 2.24) is 0 Å². The number of benzene rings is 1. The highest BCUT2D eigenvalue weighted by Gasteiger charge is 2.51. The highest BCUT2D eigenvalue weighted by Crippen LogP contribution is 2.37. The third-order valence-electron chi connectivity index (χ3n) is 3.66. The summed E-state index contributed by atoms with van der Waals surface area (Å²) in [5, 5.41) is -0.0345. The predicted molar refractivity (Wildman–Crippen MR) is 81.2 cm³/mol. The molecule has 0 amide bonds. The van der Waals surface area contributed by atoms with Crippen LogP contribution in [-0.2, 0) is 13.9 Å². The van der Waals surface area contributed by atoms with Gasteiger partial charge in [-0.15, -0.1) is 0 Å². The van der Waals surface area contributed by atoms with Gasteiger partial charge in [0.05, 0.1) is 16.7 Å². The molecule has 0 spiro atoms. The van der Waals surface area contributed by atoms with Crippen molar-refractivity contribution >= 4 is 25.0 Å². The normalized spacial score (nSPS) is 24.6. The first-order valence-corrected chi connectivity index (χ1v) is 8.82. The van der Waals surface area contributed by atoms with Crippen LogP contribution in [0.3, 0.4) is 0 Å². The molecule has 2 rings (SSSR count). The van der Waals surface area contributed by atoms with Gasteiger partial charge >= 0.3 is 7.12 Å². The third kappa shape index (κ3) is 2.81. The van der Waals surface area contributed by atoms with E-state index in [1.165, 1.54) is 13.3 Å². The van der Waals surface area contributed by atoms with Crippen LogP contribution in [0.4, 0.5) is 0 Å². The van der Waals surface area contributed by atoms with Crippen LogP contribution in [0, 0.1) is 0 Å². The summed E-state index contributed by atoms with van der Waals surface area (Å²) in [5.74, 6) is 0. The van der Waals surface area contributed by atoms with Crippen LogP contribution in [0.25, 0.3) is 0 Å². The van der Waals surface area contributed by atoms with Gasteiger partial charge in [-0.3, -0.25) is 0 Å². The summed E-state index contributed by atoms with van der Waals surface area (Å²) in [4.78, 5) is 0. The molecule has 1 aliphatic heterocycles. The van der Waals surface area contributed by atoms with E-state index in [-0.39, 0.29) is 34.9 Å². The maximum atomic E-state index is 12.3. The summed E-state index contributed by atoms with van der Waals surface area (Å²) < 4.78 is 56.7. The van der Waals surface area contributed by atoms with E-state index in [0.29, 0.717) is 0 Å². The zero-order valence-corrected chi connectivity index (χ0v) is 13.1. The Morgan fingerprint density at radius 2 is 1.47 bits per heavy atom. The Morgan fingerprint density at radius 3 is 1.84 bits per heavy atom. The van der Waals surface area contributed by atoms with Gasteiger partial charge in [0, 0.05) is 5.30 Å². The van der Waals surface area contributed by atoms with Gasteiger partial charge in [-0.25, -0.2) is 0 Å². The largest absolute Gasteiger partial charge is 0.494 e. The van der Waals surface area contributed by atoms with Crippen molar-refractivity contribution in [2.75, 3.05) is 13.3 Å². The Hall–Kier alpha value is -0.565. The van der Waals surface area contributed by atoms with Gasteiger partial charge in [0.2, 0.25) is 0 Å². The zero-order chi connectivity index (χ0) is 18.0. The Labute approximate surface area is 121 Å². The Balaban J connectivity index is 2.66. The van der Waals surface area contributed by atoms with Gasteiger partial charge in [0.1, 0.15) is 7.14 Å². The van der Waals surface area contributed by atoms with E-state index in [4.69, 9.17) is 14.8 Å². The summed E-state index contributed by atoms with van der Waals surface area (Å²) in [7, 11) is -3.94. The second-order valence-corrected chi connectivity index (χ2v) is 9.35. The molecule has 0 atom stereocenters. The molecular formula is C14H22BO3P. The maximum Gasteiger partial charge on any atom is 0.494 e. The first-order valence-electron chi connectivity index (χ1n) is 8.22. The minimum absolute atomic E-state index is 0.0345.